The number of ether oxygens (including phenoxy) is 1. The number of amides is 1. The second kappa shape index (κ2) is 9.49. The van der Waals surface area contributed by atoms with Gasteiger partial charge in [0.15, 0.2) is 5.13 Å². The number of nitrogens with one attached hydrogen (secondary N) is 1. The fraction of sp³-hybridized carbons (Fsp3) is 0.227. The second-order valence-electron chi connectivity index (χ2n) is 6.94. The van der Waals surface area contributed by atoms with Crippen LogP contribution in [0, 0.1) is 20.8 Å². The van der Waals surface area contributed by atoms with E-state index in [1.165, 1.54) is 24.3 Å². The predicted octanol–water partition coefficient (Wildman–Crippen LogP) is 4.27. The summed E-state index contributed by atoms with van der Waals surface area (Å²) in [6, 6.07) is 10.8. The van der Waals surface area contributed by atoms with E-state index < -0.39 is 22.0 Å². The van der Waals surface area contributed by atoms with Crippen LogP contribution in [0.5, 0.6) is 5.75 Å². The number of aromatic nitrogens is 1. The van der Waals surface area contributed by atoms with Crippen LogP contribution < -0.4 is 9.50 Å². The summed E-state index contributed by atoms with van der Waals surface area (Å²) >= 11 is 1.02. The van der Waals surface area contributed by atoms with Gasteiger partial charge in [0.2, 0.25) is 0 Å². The number of hydrogen-bond acceptors (Lipinski definition) is 8. The lowest BCUT2D eigenvalue weighted by Crippen LogP contribution is -2.13. The standard InChI is InChI=1S/C22H22N2O6S2/c1-5-29-21(26)19-15(4)23-22(31-19)24-20(25)16-8-10-17(11-9-16)30-32(27,28)18-12-13(2)6-7-14(18)3/h6-12H,5H2,1-4H3,(H,23,24,25). The molecule has 1 aromatic heterocycles. The first-order valence-electron chi connectivity index (χ1n) is 9.68. The summed E-state index contributed by atoms with van der Waals surface area (Å²) < 4.78 is 35.4. The van der Waals surface area contributed by atoms with Gasteiger partial charge in [-0.2, -0.15) is 8.42 Å². The molecule has 0 saturated carbocycles. The Hall–Kier alpha value is -3.24. The highest BCUT2D eigenvalue weighted by Crippen LogP contribution is 2.25. The van der Waals surface area contributed by atoms with E-state index in [2.05, 4.69) is 10.3 Å². The molecule has 0 bridgehead atoms. The molecular weight excluding hydrogens is 452 g/mol. The first-order valence-corrected chi connectivity index (χ1v) is 11.9. The van der Waals surface area contributed by atoms with Gasteiger partial charge in [0.25, 0.3) is 5.91 Å². The van der Waals surface area contributed by atoms with Crippen LogP contribution >= 0.6 is 11.3 Å². The number of rotatable bonds is 7. The van der Waals surface area contributed by atoms with E-state index in [0.717, 1.165) is 16.9 Å². The largest absolute Gasteiger partial charge is 0.462 e. The van der Waals surface area contributed by atoms with Crippen LogP contribution in [0.2, 0.25) is 0 Å². The molecule has 0 spiro atoms. The second-order valence-corrected chi connectivity index (χ2v) is 9.45. The molecule has 2 aromatic carbocycles. The third-order valence-corrected chi connectivity index (χ3v) is 6.86. The zero-order chi connectivity index (χ0) is 23.5. The van der Waals surface area contributed by atoms with Gasteiger partial charge < -0.3 is 8.92 Å². The van der Waals surface area contributed by atoms with Crippen molar-refractivity contribution in [1.82, 2.24) is 4.98 Å². The van der Waals surface area contributed by atoms with Gasteiger partial charge in [-0.25, -0.2) is 9.78 Å². The van der Waals surface area contributed by atoms with E-state index >= 15 is 0 Å². The number of thiazole rings is 1. The minimum absolute atomic E-state index is 0.0807. The zero-order valence-corrected chi connectivity index (χ0v) is 19.6. The lowest BCUT2D eigenvalue weighted by Gasteiger charge is -2.10. The molecule has 0 aliphatic heterocycles. The molecule has 3 rings (SSSR count). The van der Waals surface area contributed by atoms with Crippen LogP contribution in [0.25, 0.3) is 0 Å². The molecular formula is C22H22N2O6S2. The van der Waals surface area contributed by atoms with Gasteiger partial charge in [-0.15, -0.1) is 0 Å². The fourth-order valence-corrected chi connectivity index (χ4v) is 4.92. The maximum absolute atomic E-state index is 12.6. The number of nitrogens with zero attached hydrogens (tertiary/aromatic N) is 1. The van der Waals surface area contributed by atoms with Gasteiger partial charge in [0.05, 0.1) is 12.3 Å². The summed E-state index contributed by atoms with van der Waals surface area (Å²) in [5.74, 6) is -0.871. The number of hydrogen-bond donors (Lipinski definition) is 1. The summed E-state index contributed by atoms with van der Waals surface area (Å²) in [5.41, 5.74) is 2.11. The maximum Gasteiger partial charge on any atom is 0.350 e. The molecule has 0 saturated heterocycles. The highest BCUT2D eigenvalue weighted by Gasteiger charge is 2.21. The number of benzene rings is 2. The molecule has 1 amide bonds. The summed E-state index contributed by atoms with van der Waals surface area (Å²) in [5, 5.41) is 2.88. The molecule has 0 fully saturated rings. The molecule has 0 radical (unpaired) electrons. The van der Waals surface area contributed by atoms with E-state index in [1.54, 1.807) is 39.8 Å². The summed E-state index contributed by atoms with van der Waals surface area (Å²) in [6.07, 6.45) is 0. The predicted molar refractivity (Wildman–Crippen MR) is 121 cm³/mol. The summed E-state index contributed by atoms with van der Waals surface area (Å²) in [6.45, 7) is 7.09. The Morgan fingerprint density at radius 1 is 1.06 bits per heavy atom. The fourth-order valence-electron chi connectivity index (χ4n) is 2.82. The molecule has 32 heavy (non-hydrogen) atoms. The highest BCUT2D eigenvalue weighted by atomic mass is 32.2. The Kier molecular flexibility index (Phi) is 6.95. The normalized spacial score (nSPS) is 11.1. The topological polar surface area (TPSA) is 112 Å². The smallest absolute Gasteiger partial charge is 0.350 e. The van der Waals surface area contributed by atoms with Crippen LogP contribution in [0.4, 0.5) is 5.13 Å². The van der Waals surface area contributed by atoms with Crippen LogP contribution in [0.3, 0.4) is 0 Å². The van der Waals surface area contributed by atoms with Crippen molar-refractivity contribution < 1.29 is 26.9 Å². The van der Waals surface area contributed by atoms with Gasteiger partial charge in [-0.1, -0.05) is 23.5 Å². The lowest BCUT2D eigenvalue weighted by molar-refractivity contribution is 0.0531. The molecule has 0 aliphatic rings. The molecule has 1 N–H and O–H groups in total. The summed E-state index contributed by atoms with van der Waals surface area (Å²) in [7, 11) is -4.02. The first-order chi connectivity index (χ1) is 15.1. The van der Waals surface area contributed by atoms with E-state index in [4.69, 9.17) is 8.92 Å². The van der Waals surface area contributed by atoms with Gasteiger partial charge in [-0.3, -0.25) is 10.1 Å². The van der Waals surface area contributed by atoms with Gasteiger partial charge in [0.1, 0.15) is 15.5 Å². The van der Waals surface area contributed by atoms with Gasteiger partial charge in [0, 0.05) is 5.56 Å². The van der Waals surface area contributed by atoms with E-state index in [-0.39, 0.29) is 27.9 Å². The monoisotopic (exact) mass is 474 g/mol. The number of carbonyl (C=O) groups excluding carboxylic acids is 2. The van der Waals surface area contributed by atoms with E-state index in [9.17, 15) is 18.0 Å². The van der Waals surface area contributed by atoms with Crippen molar-refractivity contribution in [3.63, 3.8) is 0 Å². The lowest BCUT2D eigenvalue weighted by atomic mass is 10.2. The number of aryl methyl sites for hydroxylation is 3. The van der Waals surface area contributed by atoms with Crippen molar-refractivity contribution in [3.8, 4) is 5.75 Å². The number of esters is 1. The van der Waals surface area contributed by atoms with Gasteiger partial charge in [-0.05, 0) is 69.2 Å². The summed E-state index contributed by atoms with van der Waals surface area (Å²) in [4.78, 5) is 29.0. The molecule has 0 aliphatic carbocycles. The quantitative estimate of drug-likeness (QED) is 0.402. The Bertz CT molecular complexity index is 1260. The Labute approximate surface area is 190 Å². The highest BCUT2D eigenvalue weighted by molar-refractivity contribution is 7.87. The SMILES string of the molecule is CCOC(=O)c1sc(NC(=O)c2ccc(OS(=O)(=O)c3cc(C)ccc3C)cc2)nc1C. The zero-order valence-electron chi connectivity index (χ0n) is 18.0. The molecule has 1 heterocycles. The van der Waals surface area contributed by atoms with Crippen molar-refractivity contribution in [2.75, 3.05) is 11.9 Å². The average Bonchev–Trinajstić information content (AvgIpc) is 3.10. The van der Waals surface area contributed by atoms with Gasteiger partial charge >= 0.3 is 16.1 Å². The number of anilines is 1. The average molecular weight is 475 g/mol. The number of carbonyl (C=O) groups is 2. The minimum Gasteiger partial charge on any atom is -0.462 e. The Balaban J connectivity index is 1.72. The third-order valence-electron chi connectivity index (χ3n) is 4.41. The molecule has 8 nitrogen and oxygen atoms in total. The molecule has 10 heteroatoms. The van der Waals surface area contributed by atoms with Crippen molar-refractivity contribution in [2.24, 2.45) is 0 Å². The molecule has 168 valence electrons. The van der Waals surface area contributed by atoms with Crippen LogP contribution in [0.1, 0.15) is 43.8 Å². The van der Waals surface area contributed by atoms with Crippen molar-refractivity contribution in [3.05, 3.63) is 69.7 Å². The molecule has 3 aromatic rings. The third kappa shape index (κ3) is 5.32. The Morgan fingerprint density at radius 3 is 2.41 bits per heavy atom. The Morgan fingerprint density at radius 2 is 1.75 bits per heavy atom. The van der Waals surface area contributed by atoms with Crippen LogP contribution in [-0.4, -0.2) is 31.9 Å². The van der Waals surface area contributed by atoms with Crippen molar-refractivity contribution >= 4 is 38.5 Å². The minimum atomic E-state index is -4.02. The van der Waals surface area contributed by atoms with Crippen LogP contribution in [-0.2, 0) is 14.9 Å². The van der Waals surface area contributed by atoms with Crippen molar-refractivity contribution in [2.45, 2.75) is 32.6 Å². The van der Waals surface area contributed by atoms with E-state index in [1.807, 2.05) is 6.07 Å². The maximum atomic E-state index is 12.6. The molecule has 0 atom stereocenters. The van der Waals surface area contributed by atoms with Crippen molar-refractivity contribution in [1.29, 1.82) is 0 Å². The van der Waals surface area contributed by atoms with Crippen LogP contribution in [0.15, 0.2) is 47.4 Å². The molecule has 0 unspecified atom stereocenters. The first kappa shape index (κ1) is 23.4. The van der Waals surface area contributed by atoms with E-state index in [0.29, 0.717) is 16.1 Å².